The van der Waals surface area contributed by atoms with E-state index in [1.54, 1.807) is 24.7 Å². The van der Waals surface area contributed by atoms with Gasteiger partial charge in [-0.1, -0.05) is 20.3 Å². The van der Waals surface area contributed by atoms with Crippen LogP contribution in [0.4, 0.5) is 10.3 Å². The van der Waals surface area contributed by atoms with Crippen molar-refractivity contribution < 1.29 is 37.0 Å². The largest absolute Gasteiger partial charge is 0.476 e. The third-order valence-corrected chi connectivity index (χ3v) is 9.65. The Morgan fingerprint density at radius 1 is 1.24 bits per heavy atom. The van der Waals surface area contributed by atoms with Crippen LogP contribution in [-0.2, 0) is 29.8 Å². The first kappa shape index (κ1) is 33.1. The Morgan fingerprint density at radius 3 is 2.76 bits per heavy atom. The second-order valence-electron chi connectivity index (χ2n) is 11.5. The zero-order valence-electron chi connectivity index (χ0n) is 26.1. The molecule has 0 radical (unpaired) electrons. The van der Waals surface area contributed by atoms with Crippen molar-refractivity contribution in [2.45, 2.75) is 97.1 Å². The molecule has 0 spiro atoms. The first-order chi connectivity index (χ1) is 21.6. The molecular weight excluding hydrogens is 606 g/mol. The second kappa shape index (κ2) is 14.4. The van der Waals surface area contributed by atoms with Gasteiger partial charge in [0, 0.05) is 5.92 Å². The number of esters is 1. The lowest BCUT2D eigenvalue weighted by Crippen LogP contribution is -2.37. The van der Waals surface area contributed by atoms with Crippen molar-refractivity contribution in [3.05, 3.63) is 35.9 Å². The number of hydrogen-bond donors (Lipinski definition) is 2. The maximum atomic E-state index is 14.2. The molecular formula is C30H42FN6O7P. The first-order valence-corrected chi connectivity index (χ1v) is 17.1. The number of nitrogens with two attached hydrogens (primary N) is 1. The summed E-state index contributed by atoms with van der Waals surface area (Å²) in [7, 11) is -4.19. The fraction of sp³-hybridized carbons (Fsp3) is 0.600. The normalized spacial score (nSPS) is 22.6. The maximum Gasteiger partial charge on any atom is 0.459 e. The number of imidazole rings is 1. The third-order valence-electron chi connectivity index (χ3n) is 8.01. The lowest BCUT2D eigenvalue weighted by atomic mass is 9.98. The summed E-state index contributed by atoms with van der Waals surface area (Å²) >= 11 is 0. The number of nitrogens with zero attached hydrogens (tertiary/aromatic N) is 4. The summed E-state index contributed by atoms with van der Waals surface area (Å²) in [5.74, 6) is -0.479. The Labute approximate surface area is 261 Å². The van der Waals surface area contributed by atoms with Gasteiger partial charge in [0.1, 0.15) is 29.9 Å². The number of ether oxygens (including phenoxy) is 3. The molecule has 246 valence electrons. The van der Waals surface area contributed by atoms with Crippen LogP contribution < -0.4 is 20.1 Å². The highest BCUT2D eigenvalue weighted by Gasteiger charge is 2.39. The smallest absolute Gasteiger partial charge is 0.459 e. The van der Waals surface area contributed by atoms with Crippen LogP contribution in [0.2, 0.25) is 0 Å². The summed E-state index contributed by atoms with van der Waals surface area (Å²) in [4.78, 5) is 25.9. The summed E-state index contributed by atoms with van der Waals surface area (Å²) in [6.07, 6.45) is 6.14. The number of nitrogen functional groups attached to an aromatic ring is 1. The van der Waals surface area contributed by atoms with Crippen LogP contribution >= 0.6 is 7.75 Å². The molecule has 15 heteroatoms. The molecule has 2 aliphatic rings. The van der Waals surface area contributed by atoms with Crippen molar-refractivity contribution in [1.82, 2.24) is 24.6 Å². The minimum absolute atomic E-state index is 0.00963. The molecule has 3 aromatic rings. The van der Waals surface area contributed by atoms with Crippen LogP contribution in [0.15, 0.2) is 24.5 Å². The van der Waals surface area contributed by atoms with Crippen molar-refractivity contribution in [3.63, 3.8) is 0 Å². The molecule has 3 N–H and O–H groups in total. The molecule has 1 aromatic carbocycles. The van der Waals surface area contributed by atoms with Crippen molar-refractivity contribution in [2.75, 3.05) is 18.9 Å². The quantitative estimate of drug-likeness (QED) is 0.177. The minimum Gasteiger partial charge on any atom is -0.476 e. The Hall–Kier alpha value is -3.32. The number of benzene rings is 1. The number of halogens is 1. The van der Waals surface area contributed by atoms with Crippen LogP contribution in [0.1, 0.15) is 78.0 Å². The number of anilines is 1. The van der Waals surface area contributed by atoms with E-state index in [0.717, 1.165) is 32.1 Å². The van der Waals surface area contributed by atoms with E-state index in [4.69, 9.17) is 29.0 Å². The number of carbonyl (C=O) groups is 1. The monoisotopic (exact) mass is 648 g/mol. The Morgan fingerprint density at radius 2 is 2.02 bits per heavy atom. The van der Waals surface area contributed by atoms with Crippen LogP contribution in [0.5, 0.6) is 11.6 Å². The van der Waals surface area contributed by atoms with Crippen LogP contribution in [-0.4, -0.2) is 57.0 Å². The van der Waals surface area contributed by atoms with Gasteiger partial charge in [0.05, 0.1) is 25.6 Å². The SMILES string of the molecule is CCOc1nc(N)nc2c1ncn2C1OC(COP(=O)(NC(C)C(=O)OC2CCCCC2)Oc2ccc(F)c(CC)c2)CC1C. The van der Waals surface area contributed by atoms with Crippen LogP contribution in [0.25, 0.3) is 11.2 Å². The van der Waals surface area contributed by atoms with Gasteiger partial charge in [-0.3, -0.25) is 13.9 Å². The van der Waals surface area contributed by atoms with Gasteiger partial charge in [-0.15, -0.1) is 0 Å². The number of hydrogen-bond acceptors (Lipinski definition) is 11. The Bertz CT molecular complexity index is 1530. The van der Waals surface area contributed by atoms with Gasteiger partial charge in [0.25, 0.3) is 0 Å². The predicted molar refractivity (Wildman–Crippen MR) is 164 cm³/mol. The van der Waals surface area contributed by atoms with Gasteiger partial charge in [0.2, 0.25) is 11.8 Å². The molecule has 1 saturated carbocycles. The molecule has 0 bridgehead atoms. The van der Waals surface area contributed by atoms with Crippen molar-refractivity contribution in [3.8, 4) is 11.6 Å². The molecule has 3 heterocycles. The molecule has 2 aromatic heterocycles. The van der Waals surface area contributed by atoms with Gasteiger partial charge in [0.15, 0.2) is 11.2 Å². The second-order valence-corrected chi connectivity index (χ2v) is 13.2. The predicted octanol–water partition coefficient (Wildman–Crippen LogP) is 5.49. The molecule has 5 unspecified atom stereocenters. The Balaban J connectivity index is 1.30. The molecule has 13 nitrogen and oxygen atoms in total. The summed E-state index contributed by atoms with van der Waals surface area (Å²) in [5, 5.41) is 2.73. The van der Waals surface area contributed by atoms with Gasteiger partial charge >= 0.3 is 13.7 Å². The lowest BCUT2D eigenvalue weighted by Gasteiger charge is -2.26. The summed E-state index contributed by atoms with van der Waals surface area (Å²) in [6.45, 7) is 7.46. The fourth-order valence-electron chi connectivity index (χ4n) is 5.72. The van der Waals surface area contributed by atoms with Crippen molar-refractivity contribution in [2.24, 2.45) is 5.92 Å². The van der Waals surface area contributed by atoms with E-state index in [9.17, 15) is 13.8 Å². The average molecular weight is 649 g/mol. The van der Waals surface area contributed by atoms with E-state index in [0.29, 0.717) is 36.2 Å². The van der Waals surface area contributed by atoms with Crippen LogP contribution in [0, 0.1) is 11.7 Å². The zero-order valence-corrected chi connectivity index (χ0v) is 27.0. The molecule has 1 saturated heterocycles. The zero-order chi connectivity index (χ0) is 32.1. The van der Waals surface area contributed by atoms with Gasteiger partial charge in [-0.05, 0) is 76.1 Å². The Kier molecular flexibility index (Phi) is 10.6. The van der Waals surface area contributed by atoms with E-state index in [-0.39, 0.29) is 36.2 Å². The average Bonchev–Trinajstić information content (AvgIpc) is 3.60. The van der Waals surface area contributed by atoms with E-state index < -0.39 is 37.9 Å². The minimum atomic E-state index is -4.19. The van der Waals surface area contributed by atoms with Crippen molar-refractivity contribution >= 4 is 30.8 Å². The number of fused-ring (bicyclic) bond motifs is 1. The number of aromatic nitrogens is 4. The highest BCUT2D eigenvalue weighted by molar-refractivity contribution is 7.52. The fourth-order valence-corrected chi connectivity index (χ4v) is 7.24. The standard InChI is InChI=1S/C30H42FN6O7P/c1-5-20-15-22(12-13-24(20)31)44-45(39,36-19(4)29(38)43-21-10-8-7-9-11-21)41-16-23-14-18(3)28(42-23)37-17-33-25-26(37)34-30(32)35-27(25)40-6-2/h12-13,15,17-19,21,23,28H,5-11,14,16H2,1-4H3,(H,36,39)(H2,32,34,35). The number of aryl methyl sites for hydroxylation is 1. The lowest BCUT2D eigenvalue weighted by molar-refractivity contribution is -0.152. The summed E-state index contributed by atoms with van der Waals surface area (Å²) < 4.78 is 59.4. The van der Waals surface area contributed by atoms with E-state index in [1.165, 1.54) is 18.2 Å². The number of nitrogens with one attached hydrogen (secondary N) is 1. The first-order valence-electron chi connectivity index (χ1n) is 15.6. The van der Waals surface area contributed by atoms with E-state index in [1.807, 2.05) is 13.8 Å². The van der Waals surface area contributed by atoms with Gasteiger partial charge in [-0.25, -0.2) is 13.9 Å². The molecule has 0 amide bonds. The third kappa shape index (κ3) is 7.92. The molecule has 45 heavy (non-hydrogen) atoms. The van der Waals surface area contributed by atoms with E-state index >= 15 is 0 Å². The van der Waals surface area contributed by atoms with Gasteiger partial charge < -0.3 is 24.5 Å². The maximum absolute atomic E-state index is 14.2. The molecule has 5 rings (SSSR count). The topological polar surface area (TPSA) is 162 Å². The van der Waals surface area contributed by atoms with Gasteiger partial charge in [-0.2, -0.15) is 15.1 Å². The number of rotatable bonds is 13. The van der Waals surface area contributed by atoms with E-state index in [2.05, 4.69) is 20.0 Å². The summed E-state index contributed by atoms with van der Waals surface area (Å²) in [6, 6.07) is 3.09. The number of carbonyl (C=O) groups excluding carboxylic acids is 1. The molecule has 1 aliphatic heterocycles. The molecule has 5 atom stereocenters. The highest BCUT2D eigenvalue weighted by atomic mass is 31.2. The molecule has 2 fully saturated rings. The van der Waals surface area contributed by atoms with Crippen LogP contribution in [0.3, 0.4) is 0 Å². The van der Waals surface area contributed by atoms with Crippen molar-refractivity contribution in [1.29, 1.82) is 0 Å². The highest BCUT2D eigenvalue weighted by Crippen LogP contribution is 2.47. The molecule has 1 aliphatic carbocycles. The summed E-state index contributed by atoms with van der Waals surface area (Å²) in [5.41, 5.74) is 7.25.